The molecule has 0 saturated carbocycles. The van der Waals surface area contributed by atoms with Crippen LogP contribution in [0.1, 0.15) is 52.9 Å². The van der Waals surface area contributed by atoms with E-state index in [1.807, 2.05) is 0 Å². The zero-order valence-corrected chi connectivity index (χ0v) is 18.5. The number of aromatic nitrogens is 1. The van der Waals surface area contributed by atoms with Gasteiger partial charge in [-0.1, -0.05) is 25.1 Å². The van der Waals surface area contributed by atoms with Crippen molar-refractivity contribution in [2.24, 2.45) is 7.05 Å². The van der Waals surface area contributed by atoms with Crippen LogP contribution in [-0.4, -0.2) is 48.2 Å². The number of benzene rings is 1. The first-order valence-corrected chi connectivity index (χ1v) is 11.0. The zero-order chi connectivity index (χ0) is 21.9. The fourth-order valence-corrected chi connectivity index (χ4v) is 5.17. The van der Waals surface area contributed by atoms with Gasteiger partial charge < -0.3 is 9.30 Å². The van der Waals surface area contributed by atoms with Gasteiger partial charge in [-0.15, -0.1) is 0 Å². The average molecular weight is 421 g/mol. The smallest absolute Gasteiger partial charge is 0.355 e. The molecule has 0 N–H and O–H groups in total. The SMILES string of the molecule is CCOC(=O)c1c(C)c(C(=O)[C@H](C)N(CC)S(=O)(=O)c2ccccc2)c(C)n1C. The molecule has 2 rings (SSSR count). The van der Waals surface area contributed by atoms with Crippen LogP contribution >= 0.6 is 0 Å². The highest BCUT2D eigenvalue weighted by atomic mass is 32.2. The van der Waals surface area contributed by atoms with E-state index in [4.69, 9.17) is 4.74 Å². The van der Waals surface area contributed by atoms with Crippen molar-refractivity contribution in [2.45, 2.75) is 45.6 Å². The number of carbonyl (C=O) groups excluding carboxylic acids is 2. The molecule has 0 aliphatic rings. The molecule has 0 aliphatic heterocycles. The number of nitrogens with zero attached hydrogens (tertiary/aromatic N) is 2. The van der Waals surface area contributed by atoms with Crippen molar-refractivity contribution in [3.63, 3.8) is 0 Å². The summed E-state index contributed by atoms with van der Waals surface area (Å²) in [5, 5.41) is 0. The molecule has 0 aliphatic carbocycles. The Morgan fingerprint density at radius 2 is 1.72 bits per heavy atom. The Balaban J connectivity index is 2.49. The molecular formula is C21H28N2O5S. The summed E-state index contributed by atoms with van der Waals surface area (Å²) >= 11 is 0. The van der Waals surface area contributed by atoms with E-state index in [0.717, 1.165) is 0 Å². The summed E-state index contributed by atoms with van der Waals surface area (Å²) in [7, 11) is -2.15. The van der Waals surface area contributed by atoms with Gasteiger partial charge >= 0.3 is 5.97 Å². The number of hydrogen-bond acceptors (Lipinski definition) is 5. The third kappa shape index (κ3) is 4.13. The molecule has 8 heteroatoms. The molecule has 0 amide bonds. The predicted octanol–water partition coefficient (Wildman–Crippen LogP) is 3.10. The summed E-state index contributed by atoms with van der Waals surface area (Å²) in [5.74, 6) is -0.862. The van der Waals surface area contributed by atoms with Crippen LogP contribution in [0.4, 0.5) is 0 Å². The number of carbonyl (C=O) groups is 2. The number of hydrogen-bond donors (Lipinski definition) is 0. The van der Waals surface area contributed by atoms with Crippen molar-refractivity contribution < 1.29 is 22.7 Å². The first-order chi connectivity index (χ1) is 13.6. The molecule has 0 bridgehead atoms. The molecule has 29 heavy (non-hydrogen) atoms. The standard InChI is InChI=1S/C21H28N2O5S/c1-7-23(29(26,27)17-12-10-9-11-13-17)16(5)20(24)18-14(3)19(21(25)28-8-2)22(6)15(18)4/h9-13,16H,7-8H2,1-6H3/t16-/m0/s1. The van der Waals surface area contributed by atoms with Gasteiger partial charge in [0.15, 0.2) is 5.78 Å². The Morgan fingerprint density at radius 3 is 2.24 bits per heavy atom. The molecule has 158 valence electrons. The molecule has 0 unspecified atom stereocenters. The van der Waals surface area contributed by atoms with Gasteiger partial charge in [0.1, 0.15) is 5.69 Å². The normalized spacial score (nSPS) is 12.8. The van der Waals surface area contributed by atoms with Crippen LogP contribution in [0.2, 0.25) is 0 Å². The Bertz CT molecular complexity index is 1010. The van der Waals surface area contributed by atoms with Crippen LogP contribution in [-0.2, 0) is 21.8 Å². The topological polar surface area (TPSA) is 85.7 Å². The second kappa shape index (κ2) is 8.92. The quantitative estimate of drug-likeness (QED) is 0.484. The fraction of sp³-hybridized carbons (Fsp3) is 0.429. The molecule has 1 atom stereocenters. The molecule has 1 aromatic heterocycles. The van der Waals surface area contributed by atoms with Crippen LogP contribution in [0.25, 0.3) is 0 Å². The molecule has 2 aromatic rings. The Morgan fingerprint density at radius 1 is 1.14 bits per heavy atom. The van der Waals surface area contributed by atoms with Crippen molar-refractivity contribution in [3.05, 3.63) is 52.8 Å². The summed E-state index contributed by atoms with van der Waals surface area (Å²) in [6.45, 7) is 8.76. The maximum atomic E-state index is 13.3. The summed E-state index contributed by atoms with van der Waals surface area (Å²) in [6.07, 6.45) is 0. The van der Waals surface area contributed by atoms with Crippen LogP contribution in [0.3, 0.4) is 0 Å². The Kier molecular flexibility index (Phi) is 7.02. The van der Waals surface area contributed by atoms with Crippen molar-refractivity contribution in [1.29, 1.82) is 0 Å². The number of esters is 1. The van der Waals surface area contributed by atoms with Gasteiger partial charge in [0.25, 0.3) is 0 Å². The molecule has 0 spiro atoms. The van der Waals surface area contributed by atoms with E-state index in [-0.39, 0.29) is 23.8 Å². The lowest BCUT2D eigenvalue weighted by Gasteiger charge is -2.26. The number of ketones is 1. The van der Waals surface area contributed by atoms with Crippen LogP contribution < -0.4 is 0 Å². The number of rotatable bonds is 8. The molecular weight excluding hydrogens is 392 g/mol. The van der Waals surface area contributed by atoms with Crippen LogP contribution in [0.5, 0.6) is 0 Å². The van der Waals surface area contributed by atoms with Gasteiger partial charge in [0.2, 0.25) is 10.0 Å². The lowest BCUT2D eigenvalue weighted by Crippen LogP contribution is -2.43. The van der Waals surface area contributed by atoms with Crippen molar-refractivity contribution >= 4 is 21.8 Å². The highest BCUT2D eigenvalue weighted by Crippen LogP contribution is 2.26. The summed E-state index contributed by atoms with van der Waals surface area (Å²) < 4.78 is 34.0. The van der Waals surface area contributed by atoms with Crippen molar-refractivity contribution in [2.75, 3.05) is 13.2 Å². The first kappa shape index (κ1) is 22.8. The first-order valence-electron chi connectivity index (χ1n) is 9.53. The van der Waals surface area contributed by atoms with Gasteiger partial charge in [-0.05, 0) is 45.4 Å². The Hall–Kier alpha value is -2.45. The second-order valence-corrected chi connectivity index (χ2v) is 8.67. The van der Waals surface area contributed by atoms with Gasteiger partial charge in [-0.3, -0.25) is 4.79 Å². The van der Waals surface area contributed by atoms with E-state index in [1.165, 1.54) is 16.4 Å². The highest BCUT2D eigenvalue weighted by Gasteiger charge is 2.35. The Labute approximate surface area is 172 Å². The molecule has 0 saturated heterocycles. The predicted molar refractivity (Wildman–Crippen MR) is 111 cm³/mol. The van der Waals surface area contributed by atoms with E-state index in [1.54, 1.807) is 64.4 Å². The summed E-state index contributed by atoms with van der Waals surface area (Å²) in [6, 6.07) is 7.10. The number of sulfonamides is 1. The molecule has 7 nitrogen and oxygen atoms in total. The van der Waals surface area contributed by atoms with Gasteiger partial charge in [-0.2, -0.15) is 4.31 Å². The lowest BCUT2D eigenvalue weighted by atomic mass is 10.0. The minimum absolute atomic E-state index is 0.134. The second-order valence-electron chi connectivity index (χ2n) is 6.78. The fourth-order valence-electron chi connectivity index (χ4n) is 3.55. The highest BCUT2D eigenvalue weighted by molar-refractivity contribution is 7.89. The lowest BCUT2D eigenvalue weighted by molar-refractivity contribution is 0.0514. The van der Waals surface area contributed by atoms with Crippen molar-refractivity contribution in [1.82, 2.24) is 8.87 Å². The summed E-state index contributed by atoms with van der Waals surface area (Å²) in [4.78, 5) is 25.8. The molecule has 1 heterocycles. The maximum absolute atomic E-state index is 13.3. The van der Waals surface area contributed by atoms with Gasteiger partial charge in [0.05, 0.1) is 17.5 Å². The van der Waals surface area contributed by atoms with Crippen LogP contribution in [0.15, 0.2) is 35.2 Å². The third-order valence-corrected chi connectivity index (χ3v) is 7.18. The summed E-state index contributed by atoms with van der Waals surface area (Å²) in [5.41, 5.74) is 1.74. The zero-order valence-electron chi connectivity index (χ0n) is 17.7. The minimum atomic E-state index is -3.84. The van der Waals surface area contributed by atoms with E-state index in [9.17, 15) is 18.0 Å². The minimum Gasteiger partial charge on any atom is -0.461 e. The van der Waals surface area contributed by atoms with Crippen LogP contribution in [0, 0.1) is 13.8 Å². The number of Topliss-reactive ketones (excluding diaryl/α,β-unsaturated/α-hetero) is 1. The third-order valence-electron chi connectivity index (χ3n) is 5.12. The van der Waals surface area contributed by atoms with Gasteiger partial charge in [0, 0.05) is 24.8 Å². The molecule has 0 radical (unpaired) electrons. The largest absolute Gasteiger partial charge is 0.461 e. The van der Waals surface area contributed by atoms with Gasteiger partial charge in [-0.25, -0.2) is 13.2 Å². The monoisotopic (exact) mass is 420 g/mol. The van der Waals surface area contributed by atoms with E-state index >= 15 is 0 Å². The van der Waals surface area contributed by atoms with Crippen molar-refractivity contribution in [3.8, 4) is 0 Å². The number of likely N-dealkylation sites (N-methyl/N-ethyl adjacent to an activating group) is 1. The maximum Gasteiger partial charge on any atom is 0.355 e. The average Bonchev–Trinajstić information content (AvgIpc) is 2.91. The van der Waals surface area contributed by atoms with E-state index < -0.39 is 22.0 Å². The number of ether oxygens (including phenoxy) is 1. The van der Waals surface area contributed by atoms with E-state index in [0.29, 0.717) is 22.5 Å². The molecule has 1 aromatic carbocycles. The molecule has 0 fully saturated rings. The van der Waals surface area contributed by atoms with E-state index in [2.05, 4.69) is 0 Å².